The van der Waals surface area contributed by atoms with Crippen LogP contribution >= 0.6 is 0 Å². The summed E-state index contributed by atoms with van der Waals surface area (Å²) in [6.07, 6.45) is 9.48. The minimum Gasteiger partial charge on any atom is -0.328 e. The van der Waals surface area contributed by atoms with E-state index in [2.05, 4.69) is 23.8 Å². The van der Waals surface area contributed by atoms with Crippen LogP contribution < -0.4 is 5.73 Å². The van der Waals surface area contributed by atoms with E-state index < -0.39 is 0 Å². The lowest BCUT2D eigenvalue weighted by molar-refractivity contribution is 0.132. The lowest BCUT2D eigenvalue weighted by atomic mass is 9.84. The monoisotopic (exact) mass is 267 g/mol. The zero-order valence-corrected chi connectivity index (χ0v) is 13.0. The van der Waals surface area contributed by atoms with E-state index in [0.29, 0.717) is 6.04 Å². The summed E-state index contributed by atoms with van der Waals surface area (Å²) in [4.78, 5) is 5.21. The Labute approximate surface area is 119 Å². The Morgan fingerprint density at radius 1 is 1.05 bits per heavy atom. The van der Waals surface area contributed by atoms with Crippen molar-refractivity contribution in [2.75, 3.05) is 33.2 Å². The molecule has 0 atom stereocenters. The molecule has 1 saturated heterocycles. The van der Waals surface area contributed by atoms with Crippen molar-refractivity contribution in [1.82, 2.24) is 9.80 Å². The fourth-order valence-electron chi connectivity index (χ4n) is 3.65. The fourth-order valence-corrected chi connectivity index (χ4v) is 3.65. The molecule has 0 amide bonds. The molecule has 0 unspecified atom stereocenters. The maximum absolute atomic E-state index is 5.96. The molecule has 2 fully saturated rings. The van der Waals surface area contributed by atoms with E-state index in [1.807, 2.05) is 0 Å². The largest absolute Gasteiger partial charge is 0.328 e. The molecule has 0 bridgehead atoms. The van der Waals surface area contributed by atoms with Gasteiger partial charge in [-0.2, -0.15) is 0 Å². The maximum Gasteiger partial charge on any atom is 0.0109 e. The van der Waals surface area contributed by atoms with E-state index in [0.717, 1.165) is 12.0 Å². The quantitative estimate of drug-likeness (QED) is 0.829. The summed E-state index contributed by atoms with van der Waals surface area (Å²) in [5.41, 5.74) is 5.96. The zero-order chi connectivity index (χ0) is 13.7. The third-order valence-corrected chi connectivity index (χ3v) is 5.42. The molecule has 0 aromatic carbocycles. The van der Waals surface area contributed by atoms with E-state index in [4.69, 9.17) is 5.73 Å². The van der Waals surface area contributed by atoms with Crippen molar-refractivity contribution in [2.45, 2.75) is 64.0 Å². The van der Waals surface area contributed by atoms with Gasteiger partial charge in [-0.3, -0.25) is 0 Å². The smallest absolute Gasteiger partial charge is 0.0109 e. The van der Waals surface area contributed by atoms with E-state index in [1.165, 1.54) is 71.1 Å². The van der Waals surface area contributed by atoms with Gasteiger partial charge in [0.25, 0.3) is 0 Å². The van der Waals surface area contributed by atoms with Gasteiger partial charge in [-0.1, -0.05) is 13.3 Å². The van der Waals surface area contributed by atoms with Crippen molar-refractivity contribution >= 4 is 0 Å². The molecule has 1 saturated carbocycles. The molecule has 0 radical (unpaired) electrons. The molecule has 0 aromatic rings. The maximum atomic E-state index is 5.96. The molecule has 2 aliphatic rings. The molecule has 1 aliphatic carbocycles. The predicted octanol–water partition coefficient (Wildman–Crippen LogP) is 2.31. The van der Waals surface area contributed by atoms with Crippen LogP contribution in [0.15, 0.2) is 0 Å². The number of likely N-dealkylation sites (tertiary alicyclic amines) is 1. The molecular formula is C16H33N3. The number of rotatable bonds is 5. The van der Waals surface area contributed by atoms with Gasteiger partial charge in [-0.25, -0.2) is 0 Å². The molecule has 1 heterocycles. The summed E-state index contributed by atoms with van der Waals surface area (Å²) < 4.78 is 0. The van der Waals surface area contributed by atoms with Crippen molar-refractivity contribution in [3.05, 3.63) is 0 Å². The number of nitrogens with two attached hydrogens (primary N) is 1. The molecule has 2 N–H and O–H groups in total. The van der Waals surface area contributed by atoms with E-state index in [9.17, 15) is 0 Å². The number of likely N-dealkylation sites (N-methyl/N-ethyl adjacent to an activating group) is 1. The normalized spacial score (nSPS) is 30.9. The van der Waals surface area contributed by atoms with Crippen LogP contribution in [0.25, 0.3) is 0 Å². The predicted molar refractivity (Wildman–Crippen MR) is 82.3 cm³/mol. The van der Waals surface area contributed by atoms with Gasteiger partial charge in [0.05, 0.1) is 0 Å². The molecule has 1 aliphatic heterocycles. The number of nitrogens with zero attached hydrogens (tertiary/aromatic N) is 2. The van der Waals surface area contributed by atoms with Crippen LogP contribution in [-0.4, -0.2) is 55.1 Å². The molecule has 3 heteroatoms. The molecule has 19 heavy (non-hydrogen) atoms. The van der Waals surface area contributed by atoms with Gasteiger partial charge in [-0.15, -0.1) is 0 Å². The average Bonchev–Trinajstić information content (AvgIpc) is 2.46. The Kier molecular flexibility index (Phi) is 6.11. The van der Waals surface area contributed by atoms with Gasteiger partial charge in [0.15, 0.2) is 0 Å². The van der Waals surface area contributed by atoms with Gasteiger partial charge in [0, 0.05) is 25.2 Å². The first kappa shape index (κ1) is 15.3. The van der Waals surface area contributed by atoms with Crippen molar-refractivity contribution in [3.8, 4) is 0 Å². The molecule has 112 valence electrons. The van der Waals surface area contributed by atoms with Gasteiger partial charge >= 0.3 is 0 Å². The first-order valence-corrected chi connectivity index (χ1v) is 8.37. The zero-order valence-electron chi connectivity index (χ0n) is 13.0. The van der Waals surface area contributed by atoms with Gasteiger partial charge < -0.3 is 15.5 Å². The van der Waals surface area contributed by atoms with Crippen LogP contribution in [-0.2, 0) is 0 Å². The van der Waals surface area contributed by atoms with Crippen LogP contribution in [0.5, 0.6) is 0 Å². The summed E-state index contributed by atoms with van der Waals surface area (Å²) in [5, 5.41) is 0. The van der Waals surface area contributed by atoms with Crippen LogP contribution in [0.4, 0.5) is 0 Å². The lowest BCUT2D eigenvalue weighted by Crippen LogP contribution is -2.44. The highest BCUT2D eigenvalue weighted by Gasteiger charge is 2.23. The SMILES string of the molecule is CCC1CCC(N(C)CCN2CCC(N)CC2)CC1. The highest BCUT2D eigenvalue weighted by Crippen LogP contribution is 2.28. The topological polar surface area (TPSA) is 32.5 Å². The summed E-state index contributed by atoms with van der Waals surface area (Å²) in [6.45, 7) is 7.22. The Morgan fingerprint density at radius 2 is 1.68 bits per heavy atom. The van der Waals surface area contributed by atoms with Crippen LogP contribution in [0.3, 0.4) is 0 Å². The first-order valence-electron chi connectivity index (χ1n) is 8.37. The minimum absolute atomic E-state index is 0.457. The summed E-state index contributed by atoms with van der Waals surface area (Å²) >= 11 is 0. The number of hydrogen-bond acceptors (Lipinski definition) is 3. The second-order valence-corrected chi connectivity index (χ2v) is 6.74. The first-order chi connectivity index (χ1) is 9.19. The van der Waals surface area contributed by atoms with Crippen molar-refractivity contribution in [2.24, 2.45) is 11.7 Å². The van der Waals surface area contributed by atoms with Crippen LogP contribution in [0.1, 0.15) is 51.9 Å². The Morgan fingerprint density at radius 3 is 2.26 bits per heavy atom. The van der Waals surface area contributed by atoms with Gasteiger partial charge in [0.1, 0.15) is 0 Å². The van der Waals surface area contributed by atoms with Gasteiger partial charge in [0.2, 0.25) is 0 Å². The van der Waals surface area contributed by atoms with E-state index >= 15 is 0 Å². The number of piperidine rings is 1. The van der Waals surface area contributed by atoms with Crippen molar-refractivity contribution in [3.63, 3.8) is 0 Å². The minimum atomic E-state index is 0.457. The molecule has 0 spiro atoms. The number of hydrogen-bond donors (Lipinski definition) is 1. The second kappa shape index (κ2) is 7.61. The van der Waals surface area contributed by atoms with Gasteiger partial charge in [-0.05, 0) is 64.6 Å². The molecule has 2 rings (SSSR count). The molecule has 3 nitrogen and oxygen atoms in total. The van der Waals surface area contributed by atoms with Crippen LogP contribution in [0, 0.1) is 5.92 Å². The van der Waals surface area contributed by atoms with Crippen molar-refractivity contribution in [1.29, 1.82) is 0 Å². The van der Waals surface area contributed by atoms with Crippen molar-refractivity contribution < 1.29 is 0 Å². The highest BCUT2D eigenvalue weighted by molar-refractivity contribution is 4.79. The third-order valence-electron chi connectivity index (χ3n) is 5.42. The van der Waals surface area contributed by atoms with E-state index in [-0.39, 0.29) is 0 Å². The fraction of sp³-hybridized carbons (Fsp3) is 1.00. The summed E-state index contributed by atoms with van der Waals surface area (Å²) in [7, 11) is 2.33. The lowest BCUT2D eigenvalue weighted by Gasteiger charge is -2.36. The molecular weight excluding hydrogens is 234 g/mol. The Hall–Kier alpha value is -0.120. The van der Waals surface area contributed by atoms with Crippen LogP contribution in [0.2, 0.25) is 0 Å². The average molecular weight is 267 g/mol. The molecule has 0 aromatic heterocycles. The summed E-state index contributed by atoms with van der Waals surface area (Å²) in [6, 6.07) is 1.30. The third kappa shape index (κ3) is 4.73. The Bertz CT molecular complexity index is 240. The standard InChI is InChI=1S/C16H33N3/c1-3-14-4-6-16(7-5-14)18(2)12-13-19-10-8-15(17)9-11-19/h14-16H,3-13,17H2,1-2H3. The Balaban J connectivity index is 1.63. The summed E-state index contributed by atoms with van der Waals surface area (Å²) in [5.74, 6) is 1.01. The highest BCUT2D eigenvalue weighted by atomic mass is 15.2. The second-order valence-electron chi connectivity index (χ2n) is 6.74. The van der Waals surface area contributed by atoms with E-state index in [1.54, 1.807) is 0 Å².